The van der Waals surface area contributed by atoms with Crippen molar-refractivity contribution in [2.24, 2.45) is 5.92 Å². The van der Waals surface area contributed by atoms with Crippen molar-refractivity contribution in [1.82, 2.24) is 5.06 Å². The Kier molecular flexibility index (Phi) is 7.67. The summed E-state index contributed by atoms with van der Waals surface area (Å²) in [5, 5.41) is 1.97. The minimum atomic E-state index is -0.147. The van der Waals surface area contributed by atoms with E-state index in [0.717, 1.165) is 31.5 Å². The fourth-order valence-electron chi connectivity index (χ4n) is 2.27. The maximum Gasteiger partial charge on any atom is 0.159 e. The third kappa shape index (κ3) is 5.28. The second kappa shape index (κ2) is 9.04. The Hall–Kier alpha value is -0.940. The van der Waals surface area contributed by atoms with Crippen LogP contribution in [0.4, 0.5) is 0 Å². The van der Waals surface area contributed by atoms with Gasteiger partial charge >= 0.3 is 0 Å². The van der Waals surface area contributed by atoms with E-state index in [0.29, 0.717) is 12.5 Å². The lowest BCUT2D eigenvalue weighted by atomic mass is 10.0. The van der Waals surface area contributed by atoms with Crippen LogP contribution in [0.2, 0.25) is 0 Å². The number of nitrogens with zero attached hydrogens (tertiary/aromatic N) is 1. The predicted octanol–water partition coefficient (Wildman–Crippen LogP) is 2.55. The van der Waals surface area contributed by atoms with E-state index in [1.54, 1.807) is 20.3 Å². The maximum atomic E-state index is 5.75. The van der Waals surface area contributed by atoms with Gasteiger partial charge in [-0.2, -0.15) is 5.06 Å². The zero-order chi connectivity index (χ0) is 14.1. The average molecular weight is 267 g/mol. The summed E-state index contributed by atoms with van der Waals surface area (Å²) in [5.41, 5.74) is 1.10. The second-order valence-electron chi connectivity index (χ2n) is 4.56. The van der Waals surface area contributed by atoms with Crippen LogP contribution in [0, 0.1) is 5.92 Å². The van der Waals surface area contributed by atoms with Crippen molar-refractivity contribution in [3.63, 3.8) is 0 Å². The molecule has 4 heteroatoms. The van der Waals surface area contributed by atoms with Gasteiger partial charge in [0.25, 0.3) is 0 Å². The average Bonchev–Trinajstić information content (AvgIpc) is 2.66. The third-order valence-electron chi connectivity index (χ3n) is 3.31. The van der Waals surface area contributed by atoms with Crippen molar-refractivity contribution in [1.29, 1.82) is 0 Å². The Morgan fingerprint density at radius 2 is 2.11 bits per heavy atom. The van der Waals surface area contributed by atoms with E-state index in [4.69, 9.17) is 14.3 Å². The van der Waals surface area contributed by atoms with Crippen molar-refractivity contribution < 1.29 is 14.3 Å². The molecule has 1 aliphatic rings. The van der Waals surface area contributed by atoms with Gasteiger partial charge in [0, 0.05) is 33.2 Å². The molecule has 1 unspecified atom stereocenters. The molecule has 0 aliphatic carbocycles. The SMILES string of the molecule is C=C/C=C(\C=C)CN1CCC(C(OC)OC)CCO1. The van der Waals surface area contributed by atoms with Crippen molar-refractivity contribution >= 4 is 0 Å². The van der Waals surface area contributed by atoms with E-state index < -0.39 is 0 Å². The lowest BCUT2D eigenvalue weighted by Gasteiger charge is -2.23. The first-order valence-electron chi connectivity index (χ1n) is 6.62. The summed E-state index contributed by atoms with van der Waals surface area (Å²) >= 11 is 0. The van der Waals surface area contributed by atoms with Gasteiger partial charge in [-0.15, -0.1) is 0 Å². The molecule has 1 saturated heterocycles. The molecule has 1 fully saturated rings. The van der Waals surface area contributed by atoms with Crippen LogP contribution in [0.3, 0.4) is 0 Å². The number of ether oxygens (including phenoxy) is 2. The van der Waals surface area contributed by atoms with Crippen LogP contribution in [0.1, 0.15) is 12.8 Å². The van der Waals surface area contributed by atoms with Gasteiger partial charge in [-0.25, -0.2) is 0 Å². The van der Waals surface area contributed by atoms with Crippen LogP contribution >= 0.6 is 0 Å². The van der Waals surface area contributed by atoms with E-state index in [1.165, 1.54) is 0 Å². The topological polar surface area (TPSA) is 30.9 Å². The highest BCUT2D eigenvalue weighted by Crippen LogP contribution is 2.21. The van der Waals surface area contributed by atoms with Crippen molar-refractivity contribution in [3.05, 3.63) is 37.0 Å². The molecule has 0 aromatic rings. The van der Waals surface area contributed by atoms with E-state index in [-0.39, 0.29) is 6.29 Å². The Balaban J connectivity index is 2.51. The first-order valence-corrected chi connectivity index (χ1v) is 6.62. The molecule has 0 N–H and O–H groups in total. The van der Waals surface area contributed by atoms with Crippen molar-refractivity contribution in [2.45, 2.75) is 19.1 Å². The van der Waals surface area contributed by atoms with Gasteiger partial charge in [0.15, 0.2) is 6.29 Å². The minimum absolute atomic E-state index is 0.147. The van der Waals surface area contributed by atoms with Crippen LogP contribution in [0.5, 0.6) is 0 Å². The minimum Gasteiger partial charge on any atom is -0.356 e. The molecular weight excluding hydrogens is 242 g/mol. The molecule has 0 amide bonds. The van der Waals surface area contributed by atoms with Gasteiger partial charge in [-0.1, -0.05) is 31.4 Å². The fourth-order valence-corrected chi connectivity index (χ4v) is 2.27. The van der Waals surface area contributed by atoms with Crippen molar-refractivity contribution in [3.8, 4) is 0 Å². The highest BCUT2D eigenvalue weighted by molar-refractivity contribution is 5.22. The predicted molar refractivity (Wildman–Crippen MR) is 76.5 cm³/mol. The summed E-state index contributed by atoms with van der Waals surface area (Å²) < 4.78 is 10.7. The fraction of sp³-hybridized carbons (Fsp3) is 0.600. The van der Waals surface area contributed by atoms with Gasteiger partial charge in [0.1, 0.15) is 0 Å². The van der Waals surface area contributed by atoms with Gasteiger partial charge in [-0.05, 0) is 18.4 Å². The molecule has 108 valence electrons. The van der Waals surface area contributed by atoms with E-state index in [9.17, 15) is 0 Å². The quantitative estimate of drug-likeness (QED) is 0.524. The molecule has 0 saturated carbocycles. The van der Waals surface area contributed by atoms with Gasteiger partial charge in [0.05, 0.1) is 6.61 Å². The second-order valence-corrected chi connectivity index (χ2v) is 4.56. The molecular formula is C15H25NO3. The first-order chi connectivity index (χ1) is 9.24. The number of methoxy groups -OCH3 is 2. The van der Waals surface area contributed by atoms with Crippen LogP contribution in [0.25, 0.3) is 0 Å². The van der Waals surface area contributed by atoms with Crippen LogP contribution < -0.4 is 0 Å². The van der Waals surface area contributed by atoms with E-state index in [2.05, 4.69) is 13.2 Å². The standard InChI is InChI=1S/C15H25NO3/c1-5-7-13(6-2)12-16-10-8-14(9-11-19-16)15(17-3)18-4/h5-7,14-15H,1-2,8-12H2,3-4H3/b13-7+. The third-order valence-corrected chi connectivity index (χ3v) is 3.31. The molecule has 1 aliphatic heterocycles. The Morgan fingerprint density at radius 1 is 1.37 bits per heavy atom. The Labute approximate surface area is 116 Å². The lowest BCUT2D eigenvalue weighted by molar-refractivity contribution is -0.147. The first kappa shape index (κ1) is 16.1. The van der Waals surface area contributed by atoms with Gasteiger partial charge < -0.3 is 9.47 Å². The molecule has 0 aromatic carbocycles. The molecule has 1 heterocycles. The summed E-state index contributed by atoms with van der Waals surface area (Å²) in [6.45, 7) is 9.77. The molecule has 0 bridgehead atoms. The van der Waals surface area contributed by atoms with Crippen LogP contribution in [-0.4, -0.2) is 45.3 Å². The summed E-state index contributed by atoms with van der Waals surface area (Å²) in [7, 11) is 3.36. The summed E-state index contributed by atoms with van der Waals surface area (Å²) in [6.07, 6.45) is 7.34. The molecule has 4 nitrogen and oxygen atoms in total. The van der Waals surface area contributed by atoms with Crippen LogP contribution in [-0.2, 0) is 14.3 Å². The van der Waals surface area contributed by atoms with E-state index >= 15 is 0 Å². The molecule has 19 heavy (non-hydrogen) atoms. The zero-order valence-electron chi connectivity index (χ0n) is 12.0. The molecule has 1 rings (SSSR count). The summed E-state index contributed by atoms with van der Waals surface area (Å²) in [4.78, 5) is 5.75. The molecule has 1 atom stereocenters. The number of rotatable bonds is 7. The maximum absolute atomic E-state index is 5.75. The highest BCUT2D eigenvalue weighted by Gasteiger charge is 2.25. The number of hydroxylamine groups is 2. The smallest absolute Gasteiger partial charge is 0.159 e. The van der Waals surface area contributed by atoms with Crippen molar-refractivity contribution in [2.75, 3.05) is 33.9 Å². The Morgan fingerprint density at radius 3 is 2.68 bits per heavy atom. The summed E-state index contributed by atoms with van der Waals surface area (Å²) in [5.74, 6) is 0.371. The van der Waals surface area contributed by atoms with Gasteiger partial charge in [0.2, 0.25) is 0 Å². The number of hydrogen-bond acceptors (Lipinski definition) is 4. The monoisotopic (exact) mass is 267 g/mol. The molecule has 0 aromatic heterocycles. The van der Waals surface area contributed by atoms with E-state index in [1.807, 2.05) is 17.2 Å². The summed E-state index contributed by atoms with van der Waals surface area (Å²) in [6, 6.07) is 0. The molecule has 0 radical (unpaired) electrons. The number of hydrogen-bond donors (Lipinski definition) is 0. The largest absolute Gasteiger partial charge is 0.356 e. The zero-order valence-corrected chi connectivity index (χ0v) is 12.0. The van der Waals surface area contributed by atoms with Crippen LogP contribution in [0.15, 0.2) is 37.0 Å². The number of allylic oxidation sites excluding steroid dienone is 2. The lowest BCUT2D eigenvalue weighted by Crippen LogP contribution is -2.28. The highest BCUT2D eigenvalue weighted by atomic mass is 16.7. The normalized spacial score (nSPS) is 22.3. The van der Waals surface area contributed by atoms with Gasteiger partial charge in [-0.3, -0.25) is 4.84 Å². The molecule has 0 spiro atoms. The Bertz CT molecular complexity index is 311.